The molecule has 1 fully saturated rings. The molecule has 3 atom stereocenters. The first-order valence-corrected chi connectivity index (χ1v) is 12.5. The van der Waals surface area contributed by atoms with Crippen LogP contribution < -0.4 is 4.72 Å². The van der Waals surface area contributed by atoms with Crippen molar-refractivity contribution in [3.05, 3.63) is 71.8 Å². The third kappa shape index (κ3) is 6.17. The van der Waals surface area contributed by atoms with Gasteiger partial charge in [-0.15, -0.1) is 0 Å². The molecule has 0 aromatic heterocycles. The summed E-state index contributed by atoms with van der Waals surface area (Å²) >= 11 is 0. The number of rotatable bonds is 7. The SMILES string of the molecule is CC(C)(C)S(=O)(=O)N[C@H](CCc1ccccc1)[C@H]1OC(=O)CCC[C@@H]1c1ccccc1. The van der Waals surface area contributed by atoms with E-state index in [1.807, 2.05) is 60.7 Å². The predicted octanol–water partition coefficient (Wildman–Crippen LogP) is 4.59. The zero-order chi connectivity index (χ0) is 22.5. The quantitative estimate of drug-likeness (QED) is 0.636. The van der Waals surface area contributed by atoms with E-state index in [1.165, 1.54) is 0 Å². The van der Waals surface area contributed by atoms with Crippen molar-refractivity contribution < 1.29 is 17.9 Å². The van der Waals surface area contributed by atoms with Gasteiger partial charge in [0.2, 0.25) is 10.0 Å². The average Bonchev–Trinajstić information content (AvgIpc) is 2.93. The summed E-state index contributed by atoms with van der Waals surface area (Å²) < 4.78 is 34.0. The Balaban J connectivity index is 1.95. The number of hydrogen-bond acceptors (Lipinski definition) is 4. The van der Waals surface area contributed by atoms with Crippen molar-refractivity contribution in [3.63, 3.8) is 0 Å². The summed E-state index contributed by atoms with van der Waals surface area (Å²) in [5.41, 5.74) is 2.19. The van der Waals surface area contributed by atoms with Crippen molar-refractivity contribution in [3.8, 4) is 0 Å². The van der Waals surface area contributed by atoms with Gasteiger partial charge < -0.3 is 4.74 Å². The molecule has 1 aliphatic heterocycles. The van der Waals surface area contributed by atoms with Crippen molar-refractivity contribution in [2.75, 3.05) is 0 Å². The van der Waals surface area contributed by atoms with Crippen molar-refractivity contribution >= 4 is 16.0 Å². The normalized spacial score (nSPS) is 21.2. The molecule has 0 saturated carbocycles. The lowest BCUT2D eigenvalue weighted by Gasteiger charge is -2.34. The number of cyclic esters (lactones) is 1. The minimum Gasteiger partial charge on any atom is -0.460 e. The Labute approximate surface area is 186 Å². The number of esters is 1. The maximum absolute atomic E-state index is 13.1. The minimum atomic E-state index is -3.63. The van der Waals surface area contributed by atoms with Crippen LogP contribution in [0.4, 0.5) is 0 Å². The Morgan fingerprint density at radius 2 is 1.65 bits per heavy atom. The number of ether oxygens (including phenoxy) is 1. The van der Waals surface area contributed by atoms with Gasteiger partial charge in [0.15, 0.2) is 0 Å². The molecule has 0 radical (unpaired) electrons. The highest BCUT2D eigenvalue weighted by atomic mass is 32.2. The molecular weight excluding hydrogens is 410 g/mol. The molecule has 2 aromatic rings. The fraction of sp³-hybridized carbons (Fsp3) is 0.480. The molecule has 0 amide bonds. The molecule has 5 nitrogen and oxygen atoms in total. The van der Waals surface area contributed by atoms with E-state index < -0.39 is 26.9 Å². The van der Waals surface area contributed by atoms with Crippen LogP contribution in [0.3, 0.4) is 0 Å². The number of aryl methyl sites for hydroxylation is 1. The zero-order valence-corrected chi connectivity index (χ0v) is 19.4. The van der Waals surface area contributed by atoms with Gasteiger partial charge in [-0.05, 0) is 57.6 Å². The van der Waals surface area contributed by atoms with Gasteiger partial charge in [-0.1, -0.05) is 60.7 Å². The maximum atomic E-state index is 13.1. The first-order valence-electron chi connectivity index (χ1n) is 11.0. The van der Waals surface area contributed by atoms with E-state index in [1.54, 1.807) is 20.8 Å². The van der Waals surface area contributed by atoms with Crippen molar-refractivity contribution in [2.24, 2.45) is 0 Å². The molecule has 6 heteroatoms. The fourth-order valence-corrected chi connectivity index (χ4v) is 4.98. The van der Waals surface area contributed by atoms with Crippen LogP contribution in [-0.2, 0) is 26.0 Å². The van der Waals surface area contributed by atoms with Gasteiger partial charge in [0.25, 0.3) is 0 Å². The van der Waals surface area contributed by atoms with Crippen LogP contribution in [0.2, 0.25) is 0 Å². The summed E-state index contributed by atoms with van der Waals surface area (Å²) in [7, 11) is -3.63. The molecule has 0 aliphatic carbocycles. The van der Waals surface area contributed by atoms with Crippen molar-refractivity contribution in [1.82, 2.24) is 4.72 Å². The summed E-state index contributed by atoms with van der Waals surface area (Å²) in [4.78, 5) is 12.4. The van der Waals surface area contributed by atoms with Gasteiger partial charge in [-0.25, -0.2) is 13.1 Å². The van der Waals surface area contributed by atoms with E-state index in [0.717, 1.165) is 24.0 Å². The molecule has 1 aliphatic rings. The molecule has 0 spiro atoms. The van der Waals surface area contributed by atoms with E-state index in [0.29, 0.717) is 19.3 Å². The number of nitrogens with one attached hydrogen (secondary N) is 1. The van der Waals surface area contributed by atoms with E-state index >= 15 is 0 Å². The number of carbonyl (C=O) groups excluding carboxylic acids is 1. The Hall–Kier alpha value is -2.18. The van der Waals surface area contributed by atoms with Gasteiger partial charge in [0.1, 0.15) is 6.10 Å². The molecule has 2 aromatic carbocycles. The summed E-state index contributed by atoms with van der Waals surface area (Å²) in [6.45, 7) is 5.03. The van der Waals surface area contributed by atoms with Gasteiger partial charge in [-0.3, -0.25) is 4.79 Å². The number of carbonyl (C=O) groups is 1. The van der Waals surface area contributed by atoms with E-state index in [9.17, 15) is 13.2 Å². The average molecular weight is 444 g/mol. The van der Waals surface area contributed by atoms with Crippen LogP contribution >= 0.6 is 0 Å². The highest BCUT2D eigenvalue weighted by Crippen LogP contribution is 2.34. The monoisotopic (exact) mass is 443 g/mol. The molecular formula is C25H33NO4S. The van der Waals surface area contributed by atoms with Gasteiger partial charge >= 0.3 is 5.97 Å². The third-order valence-corrected chi connectivity index (χ3v) is 8.11. The van der Waals surface area contributed by atoms with Crippen molar-refractivity contribution in [1.29, 1.82) is 0 Å². The number of hydrogen-bond donors (Lipinski definition) is 1. The summed E-state index contributed by atoms with van der Waals surface area (Å²) in [5.74, 6) is -0.320. The highest BCUT2D eigenvalue weighted by molar-refractivity contribution is 7.90. The number of benzene rings is 2. The second kappa shape index (κ2) is 9.96. The number of sulfonamides is 1. The largest absolute Gasteiger partial charge is 0.460 e. The van der Waals surface area contributed by atoms with Gasteiger partial charge in [0, 0.05) is 12.3 Å². The lowest BCUT2D eigenvalue weighted by atomic mass is 9.84. The topological polar surface area (TPSA) is 72.5 Å². The van der Waals surface area contributed by atoms with Crippen LogP contribution in [0.25, 0.3) is 0 Å². The first kappa shape index (κ1) is 23.5. The molecule has 168 valence electrons. The molecule has 1 N–H and O–H groups in total. The molecule has 1 heterocycles. The predicted molar refractivity (Wildman–Crippen MR) is 123 cm³/mol. The van der Waals surface area contributed by atoms with E-state index in [2.05, 4.69) is 4.72 Å². The minimum absolute atomic E-state index is 0.0592. The standard InChI is InChI=1S/C25H33NO4S/c1-25(2,3)31(28,29)26-22(18-17-19-11-6-4-7-12-19)24-21(15-10-16-23(27)30-24)20-13-8-5-9-14-20/h4-9,11-14,21-22,24,26H,10,15-18H2,1-3H3/t21-,22-,24+/m1/s1. The van der Waals surface area contributed by atoms with Gasteiger partial charge in [0.05, 0.1) is 10.8 Å². The van der Waals surface area contributed by atoms with Crippen LogP contribution in [0.5, 0.6) is 0 Å². The molecule has 1 saturated heterocycles. The van der Waals surface area contributed by atoms with E-state index in [-0.39, 0.29) is 11.9 Å². The van der Waals surface area contributed by atoms with Crippen LogP contribution in [0, 0.1) is 0 Å². The van der Waals surface area contributed by atoms with Crippen LogP contribution in [0.1, 0.15) is 63.5 Å². The Bertz CT molecular complexity index is 952. The summed E-state index contributed by atoms with van der Waals surface area (Å²) in [5, 5.41) is 0. The first-order chi connectivity index (χ1) is 14.7. The molecule has 31 heavy (non-hydrogen) atoms. The third-order valence-electron chi connectivity index (χ3n) is 5.88. The van der Waals surface area contributed by atoms with Crippen LogP contribution in [0.15, 0.2) is 60.7 Å². The van der Waals surface area contributed by atoms with Crippen molar-refractivity contribution in [2.45, 2.75) is 75.7 Å². The molecule has 0 unspecified atom stereocenters. The van der Waals surface area contributed by atoms with Crippen LogP contribution in [-0.4, -0.2) is 31.3 Å². The summed E-state index contributed by atoms with van der Waals surface area (Å²) in [6.07, 6.45) is 2.54. The summed E-state index contributed by atoms with van der Waals surface area (Å²) in [6, 6.07) is 19.4. The lowest BCUT2D eigenvalue weighted by Crippen LogP contribution is -2.52. The highest BCUT2D eigenvalue weighted by Gasteiger charge is 2.40. The fourth-order valence-electron chi connectivity index (χ4n) is 3.98. The zero-order valence-electron chi connectivity index (χ0n) is 18.6. The van der Waals surface area contributed by atoms with Gasteiger partial charge in [-0.2, -0.15) is 0 Å². The Kier molecular flexibility index (Phi) is 7.55. The molecule has 3 rings (SSSR count). The second-order valence-corrected chi connectivity index (χ2v) is 11.7. The Morgan fingerprint density at radius 1 is 1.03 bits per heavy atom. The molecule has 0 bridgehead atoms. The second-order valence-electron chi connectivity index (χ2n) is 9.23. The van der Waals surface area contributed by atoms with E-state index in [4.69, 9.17) is 4.74 Å². The lowest BCUT2D eigenvalue weighted by molar-refractivity contribution is -0.150. The Morgan fingerprint density at radius 3 is 2.26 bits per heavy atom. The maximum Gasteiger partial charge on any atom is 0.306 e. The smallest absolute Gasteiger partial charge is 0.306 e.